The van der Waals surface area contributed by atoms with E-state index in [0.29, 0.717) is 5.56 Å². The molecular weight excluding hydrogens is 288 g/mol. The summed E-state index contributed by atoms with van der Waals surface area (Å²) < 4.78 is 1.77. The van der Waals surface area contributed by atoms with Crippen molar-refractivity contribution in [1.82, 2.24) is 20.4 Å². The molecule has 1 aliphatic rings. The zero-order chi connectivity index (χ0) is 13.8. The fraction of sp³-hybridized carbons (Fsp3) is 0.333. The largest absolute Gasteiger partial charge is 0.349 e. The molecule has 0 unspecified atom stereocenters. The van der Waals surface area contributed by atoms with Gasteiger partial charge in [-0.3, -0.25) is 4.79 Å². The Balaban J connectivity index is 0.00000161. The van der Waals surface area contributed by atoms with Gasteiger partial charge in [-0.2, -0.15) is 5.10 Å². The molecule has 0 radical (unpaired) electrons. The van der Waals surface area contributed by atoms with Gasteiger partial charge in [-0.1, -0.05) is 0 Å². The van der Waals surface area contributed by atoms with Crippen LogP contribution >= 0.6 is 12.4 Å². The van der Waals surface area contributed by atoms with Crippen molar-refractivity contribution in [2.24, 2.45) is 0 Å². The van der Waals surface area contributed by atoms with Crippen molar-refractivity contribution in [3.05, 3.63) is 48.3 Å². The highest BCUT2D eigenvalue weighted by Crippen LogP contribution is 2.10. The smallest absolute Gasteiger partial charge is 0.251 e. The molecule has 1 amide bonds. The van der Waals surface area contributed by atoms with Crippen LogP contribution in [0, 0.1) is 0 Å². The number of hydrogen-bond acceptors (Lipinski definition) is 3. The second kappa shape index (κ2) is 7.24. The molecule has 1 aliphatic heterocycles. The van der Waals surface area contributed by atoms with Crippen LogP contribution in [0.4, 0.5) is 0 Å². The zero-order valence-electron chi connectivity index (χ0n) is 11.7. The zero-order valence-corrected chi connectivity index (χ0v) is 12.5. The minimum Gasteiger partial charge on any atom is -0.349 e. The Morgan fingerprint density at radius 1 is 1.24 bits per heavy atom. The predicted molar refractivity (Wildman–Crippen MR) is 84.2 cm³/mol. The lowest BCUT2D eigenvalue weighted by Gasteiger charge is -2.23. The Labute approximate surface area is 130 Å². The highest BCUT2D eigenvalue weighted by Gasteiger charge is 2.16. The number of benzene rings is 1. The normalized spacial score (nSPS) is 15.2. The van der Waals surface area contributed by atoms with Gasteiger partial charge >= 0.3 is 0 Å². The first-order valence-corrected chi connectivity index (χ1v) is 6.94. The first kappa shape index (κ1) is 15.5. The lowest BCUT2D eigenvalue weighted by Crippen LogP contribution is -2.42. The van der Waals surface area contributed by atoms with Crippen LogP contribution in [0.2, 0.25) is 0 Å². The Morgan fingerprint density at radius 2 is 1.95 bits per heavy atom. The van der Waals surface area contributed by atoms with Crippen LogP contribution < -0.4 is 10.6 Å². The number of amides is 1. The maximum Gasteiger partial charge on any atom is 0.251 e. The van der Waals surface area contributed by atoms with Crippen molar-refractivity contribution in [3.8, 4) is 5.69 Å². The van der Waals surface area contributed by atoms with Gasteiger partial charge in [0.1, 0.15) is 0 Å². The van der Waals surface area contributed by atoms with Crippen LogP contribution in [0.15, 0.2) is 42.7 Å². The number of nitrogens with zero attached hydrogens (tertiary/aromatic N) is 2. The molecule has 112 valence electrons. The number of carbonyl (C=O) groups excluding carboxylic acids is 1. The Kier molecular flexibility index (Phi) is 5.36. The molecule has 3 rings (SSSR count). The molecule has 21 heavy (non-hydrogen) atoms. The van der Waals surface area contributed by atoms with E-state index in [0.717, 1.165) is 31.6 Å². The molecule has 0 saturated carbocycles. The van der Waals surface area contributed by atoms with Crippen LogP contribution in [-0.4, -0.2) is 34.8 Å². The standard InChI is InChI=1S/C15H18N4O.ClH/c20-15(18-13-6-9-16-10-7-13)12-2-4-14(5-3-12)19-11-1-8-17-19;/h1-5,8,11,13,16H,6-7,9-10H2,(H,18,20);1H. The Hall–Kier alpha value is -1.85. The third kappa shape index (κ3) is 3.83. The molecule has 1 aromatic heterocycles. The molecule has 1 saturated heterocycles. The van der Waals surface area contributed by atoms with E-state index in [1.807, 2.05) is 36.5 Å². The maximum absolute atomic E-state index is 12.2. The first-order valence-electron chi connectivity index (χ1n) is 6.94. The van der Waals surface area contributed by atoms with Crippen LogP contribution in [0.3, 0.4) is 0 Å². The number of rotatable bonds is 3. The number of aromatic nitrogens is 2. The van der Waals surface area contributed by atoms with Gasteiger partial charge in [-0.05, 0) is 56.3 Å². The van der Waals surface area contributed by atoms with Gasteiger partial charge in [-0.25, -0.2) is 4.68 Å². The van der Waals surface area contributed by atoms with Crippen molar-refractivity contribution in [2.45, 2.75) is 18.9 Å². The SMILES string of the molecule is Cl.O=C(NC1CCNCC1)c1ccc(-n2cccn2)cc1. The van der Waals surface area contributed by atoms with E-state index in [2.05, 4.69) is 15.7 Å². The van der Waals surface area contributed by atoms with Crippen molar-refractivity contribution >= 4 is 18.3 Å². The third-order valence-electron chi connectivity index (χ3n) is 3.57. The van der Waals surface area contributed by atoms with Gasteiger partial charge in [0.2, 0.25) is 0 Å². The van der Waals surface area contributed by atoms with E-state index in [9.17, 15) is 4.79 Å². The monoisotopic (exact) mass is 306 g/mol. The summed E-state index contributed by atoms with van der Waals surface area (Å²) in [5.41, 5.74) is 1.65. The summed E-state index contributed by atoms with van der Waals surface area (Å²) in [5, 5.41) is 10.5. The van der Waals surface area contributed by atoms with Crippen molar-refractivity contribution in [1.29, 1.82) is 0 Å². The lowest BCUT2D eigenvalue weighted by molar-refractivity contribution is 0.0929. The van der Waals surface area contributed by atoms with Gasteiger partial charge < -0.3 is 10.6 Å². The summed E-state index contributed by atoms with van der Waals surface area (Å²) in [5.74, 6) is 0.00363. The molecular formula is C15H19ClN4O. The molecule has 2 heterocycles. The van der Waals surface area contributed by atoms with E-state index >= 15 is 0 Å². The molecule has 0 spiro atoms. The van der Waals surface area contributed by atoms with Crippen LogP contribution in [0.25, 0.3) is 5.69 Å². The number of nitrogens with one attached hydrogen (secondary N) is 2. The number of halogens is 1. The molecule has 2 N–H and O–H groups in total. The van der Waals surface area contributed by atoms with E-state index < -0.39 is 0 Å². The minimum absolute atomic E-state index is 0. The molecule has 0 aliphatic carbocycles. The van der Waals surface area contributed by atoms with E-state index in [1.165, 1.54) is 0 Å². The Morgan fingerprint density at radius 3 is 2.57 bits per heavy atom. The summed E-state index contributed by atoms with van der Waals surface area (Å²) in [6.45, 7) is 1.95. The fourth-order valence-electron chi connectivity index (χ4n) is 2.42. The molecule has 0 bridgehead atoms. The van der Waals surface area contributed by atoms with E-state index in [4.69, 9.17) is 0 Å². The minimum atomic E-state index is 0. The molecule has 0 atom stereocenters. The number of piperidine rings is 1. The Bertz CT molecular complexity index is 562. The van der Waals surface area contributed by atoms with Gasteiger partial charge in [0.15, 0.2) is 0 Å². The van der Waals surface area contributed by atoms with Gasteiger partial charge in [0.05, 0.1) is 5.69 Å². The van der Waals surface area contributed by atoms with E-state index in [-0.39, 0.29) is 24.4 Å². The fourth-order valence-corrected chi connectivity index (χ4v) is 2.42. The third-order valence-corrected chi connectivity index (χ3v) is 3.57. The van der Waals surface area contributed by atoms with Crippen molar-refractivity contribution < 1.29 is 4.79 Å². The first-order chi connectivity index (χ1) is 9.83. The number of hydrogen-bond donors (Lipinski definition) is 2. The average Bonchev–Trinajstić information content (AvgIpc) is 3.03. The maximum atomic E-state index is 12.2. The molecule has 1 fully saturated rings. The molecule has 5 nitrogen and oxygen atoms in total. The van der Waals surface area contributed by atoms with Crippen LogP contribution in [0.5, 0.6) is 0 Å². The predicted octanol–water partition coefficient (Wildman–Crippen LogP) is 1.78. The summed E-state index contributed by atoms with van der Waals surface area (Å²) in [4.78, 5) is 12.2. The van der Waals surface area contributed by atoms with Gasteiger partial charge in [0, 0.05) is 24.0 Å². The second-order valence-corrected chi connectivity index (χ2v) is 5.00. The summed E-state index contributed by atoms with van der Waals surface area (Å²) >= 11 is 0. The summed E-state index contributed by atoms with van der Waals surface area (Å²) in [6, 6.07) is 9.65. The highest BCUT2D eigenvalue weighted by atomic mass is 35.5. The lowest BCUT2D eigenvalue weighted by atomic mass is 10.1. The summed E-state index contributed by atoms with van der Waals surface area (Å²) in [6.07, 6.45) is 5.61. The highest BCUT2D eigenvalue weighted by molar-refractivity contribution is 5.94. The van der Waals surface area contributed by atoms with Crippen molar-refractivity contribution in [2.75, 3.05) is 13.1 Å². The second-order valence-electron chi connectivity index (χ2n) is 5.00. The van der Waals surface area contributed by atoms with Crippen LogP contribution in [-0.2, 0) is 0 Å². The van der Waals surface area contributed by atoms with E-state index in [1.54, 1.807) is 10.9 Å². The topological polar surface area (TPSA) is 59.0 Å². The molecule has 2 aromatic rings. The van der Waals surface area contributed by atoms with Gasteiger partial charge in [0.25, 0.3) is 5.91 Å². The van der Waals surface area contributed by atoms with Gasteiger partial charge in [-0.15, -0.1) is 12.4 Å². The molecule has 6 heteroatoms. The van der Waals surface area contributed by atoms with Crippen LogP contribution in [0.1, 0.15) is 23.2 Å². The van der Waals surface area contributed by atoms with Crippen molar-refractivity contribution in [3.63, 3.8) is 0 Å². The number of carbonyl (C=O) groups is 1. The average molecular weight is 307 g/mol. The summed E-state index contributed by atoms with van der Waals surface area (Å²) in [7, 11) is 0. The quantitative estimate of drug-likeness (QED) is 0.909. The molecule has 1 aromatic carbocycles.